The Morgan fingerprint density at radius 2 is 2.18 bits per heavy atom. The highest BCUT2D eigenvalue weighted by Gasteiger charge is 2.31. The minimum Gasteiger partial charge on any atom is -0.388 e. The van der Waals surface area contributed by atoms with Crippen LogP contribution >= 0.6 is 0 Å². The first kappa shape index (κ1) is 10.5. The summed E-state index contributed by atoms with van der Waals surface area (Å²) in [6, 6.07) is 8.44. The van der Waals surface area contributed by atoms with Crippen molar-refractivity contribution in [2.45, 2.75) is 32.4 Å². The largest absolute Gasteiger partial charge is 0.388 e. The van der Waals surface area contributed by atoms with Crippen molar-refractivity contribution in [2.24, 2.45) is 0 Å². The van der Waals surface area contributed by atoms with E-state index in [1.807, 2.05) is 4.57 Å². The van der Waals surface area contributed by atoms with Gasteiger partial charge in [-0.05, 0) is 24.5 Å². The number of rotatable bonds is 3. The van der Waals surface area contributed by atoms with Crippen LogP contribution in [0, 0.1) is 0 Å². The van der Waals surface area contributed by atoms with Gasteiger partial charge in [-0.1, -0.05) is 24.3 Å². The van der Waals surface area contributed by atoms with Crippen LogP contribution in [0.2, 0.25) is 0 Å². The van der Waals surface area contributed by atoms with E-state index in [2.05, 4.69) is 41.4 Å². The molecule has 0 aliphatic heterocycles. The monoisotopic (exact) mass is 229 g/mol. The third-order valence-corrected chi connectivity index (χ3v) is 3.48. The summed E-state index contributed by atoms with van der Waals surface area (Å²) < 4.78 is 2.01. The molecule has 4 heteroatoms. The lowest BCUT2D eigenvalue weighted by Gasteiger charge is -2.29. The van der Waals surface area contributed by atoms with Crippen molar-refractivity contribution >= 4 is 0 Å². The van der Waals surface area contributed by atoms with Crippen molar-refractivity contribution in [3.8, 4) is 0 Å². The molecule has 0 amide bonds. The quantitative estimate of drug-likeness (QED) is 0.867. The fraction of sp³-hybridized carbons (Fsp3) is 0.385. The summed E-state index contributed by atoms with van der Waals surface area (Å²) in [5, 5.41) is 17.5. The van der Waals surface area contributed by atoms with E-state index in [4.69, 9.17) is 0 Å². The summed E-state index contributed by atoms with van der Waals surface area (Å²) in [4.78, 5) is 0. The van der Waals surface area contributed by atoms with Crippen LogP contribution in [0.25, 0.3) is 0 Å². The average molecular weight is 229 g/mol. The van der Waals surface area contributed by atoms with E-state index in [9.17, 15) is 5.11 Å². The molecule has 3 rings (SSSR count). The zero-order chi connectivity index (χ0) is 11.8. The topological polar surface area (TPSA) is 50.9 Å². The maximum atomic E-state index is 9.21. The second-order valence-corrected chi connectivity index (χ2v) is 4.33. The van der Waals surface area contributed by atoms with Gasteiger partial charge < -0.3 is 9.67 Å². The standard InChI is InChI=1S/C13H15N3O/c1-2-16-12(8-17)14-15-13(16)11-7-9-5-3-4-6-10(9)11/h3-6,11,17H,2,7-8H2,1H3. The molecule has 0 fully saturated rings. The Bertz CT molecular complexity index is 547. The van der Waals surface area contributed by atoms with Gasteiger partial charge in [0.1, 0.15) is 12.4 Å². The molecule has 17 heavy (non-hydrogen) atoms. The van der Waals surface area contributed by atoms with Crippen molar-refractivity contribution in [3.63, 3.8) is 0 Å². The molecule has 4 nitrogen and oxygen atoms in total. The number of fused-ring (bicyclic) bond motifs is 1. The molecular weight excluding hydrogens is 214 g/mol. The molecule has 0 radical (unpaired) electrons. The van der Waals surface area contributed by atoms with Crippen molar-refractivity contribution in [1.82, 2.24) is 14.8 Å². The Morgan fingerprint density at radius 1 is 1.35 bits per heavy atom. The van der Waals surface area contributed by atoms with Crippen molar-refractivity contribution in [1.29, 1.82) is 0 Å². The van der Waals surface area contributed by atoms with Gasteiger partial charge in [-0.2, -0.15) is 0 Å². The molecule has 1 atom stereocenters. The number of aliphatic hydroxyl groups excluding tert-OH is 1. The highest BCUT2D eigenvalue weighted by Crippen LogP contribution is 2.39. The molecule has 1 heterocycles. The smallest absolute Gasteiger partial charge is 0.158 e. The van der Waals surface area contributed by atoms with Gasteiger partial charge >= 0.3 is 0 Å². The van der Waals surface area contributed by atoms with Crippen LogP contribution in [0.1, 0.15) is 35.6 Å². The Morgan fingerprint density at radius 3 is 2.88 bits per heavy atom. The Kier molecular flexibility index (Phi) is 2.44. The third kappa shape index (κ3) is 1.48. The number of aliphatic hydroxyl groups is 1. The highest BCUT2D eigenvalue weighted by atomic mass is 16.3. The summed E-state index contributed by atoms with van der Waals surface area (Å²) in [7, 11) is 0. The zero-order valence-corrected chi connectivity index (χ0v) is 9.80. The van der Waals surface area contributed by atoms with E-state index < -0.39 is 0 Å². The van der Waals surface area contributed by atoms with E-state index in [0.29, 0.717) is 11.7 Å². The lowest BCUT2D eigenvalue weighted by molar-refractivity contribution is 0.264. The van der Waals surface area contributed by atoms with E-state index in [1.165, 1.54) is 11.1 Å². The summed E-state index contributed by atoms with van der Waals surface area (Å²) >= 11 is 0. The van der Waals surface area contributed by atoms with E-state index in [0.717, 1.165) is 18.8 Å². The second-order valence-electron chi connectivity index (χ2n) is 4.33. The molecule has 1 aliphatic carbocycles. The fourth-order valence-electron chi connectivity index (χ4n) is 2.56. The Hall–Kier alpha value is -1.68. The van der Waals surface area contributed by atoms with Crippen LogP contribution in [0.3, 0.4) is 0 Å². The third-order valence-electron chi connectivity index (χ3n) is 3.48. The van der Waals surface area contributed by atoms with Crippen LogP contribution in [0.4, 0.5) is 0 Å². The van der Waals surface area contributed by atoms with E-state index >= 15 is 0 Å². The Labute approximate surface area is 99.9 Å². The predicted molar refractivity (Wildman–Crippen MR) is 63.6 cm³/mol. The molecule has 1 aliphatic rings. The van der Waals surface area contributed by atoms with Gasteiger partial charge in [0.25, 0.3) is 0 Å². The van der Waals surface area contributed by atoms with Crippen LogP contribution in [0.5, 0.6) is 0 Å². The summed E-state index contributed by atoms with van der Waals surface area (Å²) in [5.41, 5.74) is 2.74. The molecule has 2 aromatic rings. The number of hydrogen-bond donors (Lipinski definition) is 1. The van der Waals surface area contributed by atoms with Gasteiger partial charge in [-0.15, -0.1) is 10.2 Å². The number of benzene rings is 1. The van der Waals surface area contributed by atoms with Gasteiger partial charge in [-0.25, -0.2) is 0 Å². The molecule has 1 unspecified atom stereocenters. The maximum Gasteiger partial charge on any atom is 0.158 e. The molecule has 1 aromatic carbocycles. The molecular formula is C13H15N3O. The minimum absolute atomic E-state index is 0.0464. The van der Waals surface area contributed by atoms with Crippen LogP contribution in [-0.2, 0) is 19.6 Å². The lowest BCUT2D eigenvalue weighted by atomic mass is 9.77. The van der Waals surface area contributed by atoms with E-state index in [-0.39, 0.29) is 6.61 Å². The molecule has 1 N–H and O–H groups in total. The molecule has 88 valence electrons. The summed E-state index contributed by atoms with van der Waals surface area (Å²) in [6.45, 7) is 2.81. The van der Waals surface area contributed by atoms with Gasteiger partial charge in [0.15, 0.2) is 5.82 Å². The van der Waals surface area contributed by atoms with Gasteiger partial charge in [0, 0.05) is 12.5 Å². The van der Waals surface area contributed by atoms with Crippen molar-refractivity contribution < 1.29 is 5.11 Å². The molecule has 0 saturated carbocycles. The average Bonchev–Trinajstić information content (AvgIpc) is 2.73. The zero-order valence-electron chi connectivity index (χ0n) is 9.80. The fourth-order valence-corrected chi connectivity index (χ4v) is 2.56. The SMILES string of the molecule is CCn1c(CO)nnc1C1Cc2ccccc21. The van der Waals surface area contributed by atoms with Crippen LogP contribution < -0.4 is 0 Å². The normalized spacial score (nSPS) is 17.6. The molecule has 1 aromatic heterocycles. The second kappa shape index (κ2) is 3.96. The van der Waals surface area contributed by atoms with Crippen molar-refractivity contribution in [3.05, 3.63) is 47.0 Å². The predicted octanol–water partition coefficient (Wildman–Crippen LogP) is 1.48. The number of aromatic nitrogens is 3. The van der Waals surface area contributed by atoms with Crippen LogP contribution in [-0.4, -0.2) is 19.9 Å². The molecule has 0 saturated heterocycles. The highest BCUT2D eigenvalue weighted by molar-refractivity contribution is 5.44. The number of hydrogen-bond acceptors (Lipinski definition) is 3. The first-order chi connectivity index (χ1) is 8.35. The summed E-state index contributed by atoms with van der Waals surface area (Å²) in [5.74, 6) is 1.99. The first-order valence-electron chi connectivity index (χ1n) is 5.95. The molecule has 0 spiro atoms. The van der Waals surface area contributed by atoms with Crippen molar-refractivity contribution in [2.75, 3.05) is 0 Å². The van der Waals surface area contributed by atoms with Gasteiger partial charge in [0.2, 0.25) is 0 Å². The van der Waals surface area contributed by atoms with Gasteiger partial charge in [0.05, 0.1) is 0 Å². The number of nitrogens with zero attached hydrogens (tertiary/aromatic N) is 3. The first-order valence-corrected chi connectivity index (χ1v) is 5.95. The maximum absolute atomic E-state index is 9.21. The lowest BCUT2D eigenvalue weighted by Crippen LogP contribution is -2.22. The van der Waals surface area contributed by atoms with Crippen LogP contribution in [0.15, 0.2) is 24.3 Å². The van der Waals surface area contributed by atoms with E-state index in [1.54, 1.807) is 0 Å². The van der Waals surface area contributed by atoms with Gasteiger partial charge in [-0.3, -0.25) is 0 Å². The summed E-state index contributed by atoms with van der Waals surface area (Å²) in [6.07, 6.45) is 1.03. The molecule has 0 bridgehead atoms. The Balaban J connectivity index is 2.00. The minimum atomic E-state index is -0.0464.